The van der Waals surface area contributed by atoms with Crippen LogP contribution >= 0.6 is 0 Å². The number of benzene rings is 1. The molecule has 0 radical (unpaired) electrons. The van der Waals surface area contributed by atoms with E-state index in [0.29, 0.717) is 6.54 Å². The molecule has 1 N–H and O–H groups in total. The molecule has 88 valence electrons. The van der Waals surface area contributed by atoms with Gasteiger partial charge in [-0.05, 0) is 13.0 Å². The van der Waals surface area contributed by atoms with Gasteiger partial charge in [-0.2, -0.15) is 0 Å². The predicted octanol–water partition coefficient (Wildman–Crippen LogP) is 2.53. The van der Waals surface area contributed by atoms with E-state index in [2.05, 4.69) is 11.9 Å². The van der Waals surface area contributed by atoms with Crippen LogP contribution in [0.15, 0.2) is 47.3 Å². The lowest BCUT2D eigenvalue weighted by atomic mass is 10.1. The molecule has 0 saturated carbocycles. The normalized spacial score (nSPS) is 10.5. The van der Waals surface area contributed by atoms with Gasteiger partial charge in [-0.15, -0.1) is 0 Å². The van der Waals surface area contributed by atoms with Gasteiger partial charge < -0.3 is 9.88 Å². The second-order valence-corrected chi connectivity index (χ2v) is 4.28. The third kappa shape index (κ3) is 2.23. The third-order valence-corrected chi connectivity index (χ3v) is 2.73. The summed E-state index contributed by atoms with van der Waals surface area (Å²) in [6, 6.07) is 9.49. The Labute approximate surface area is 100 Å². The zero-order chi connectivity index (χ0) is 12.4. The number of nitrogens with zero attached hydrogens (tertiary/aromatic N) is 1. The van der Waals surface area contributed by atoms with Gasteiger partial charge in [0.1, 0.15) is 0 Å². The van der Waals surface area contributed by atoms with Crippen LogP contribution in [-0.2, 0) is 7.05 Å². The molecular formula is C14H16N2O. The number of para-hydroxylation sites is 1. The van der Waals surface area contributed by atoms with E-state index < -0.39 is 0 Å². The van der Waals surface area contributed by atoms with Gasteiger partial charge in [0.2, 0.25) is 0 Å². The van der Waals surface area contributed by atoms with Crippen molar-refractivity contribution in [2.75, 3.05) is 11.9 Å². The highest BCUT2D eigenvalue weighted by Crippen LogP contribution is 2.20. The quantitative estimate of drug-likeness (QED) is 0.819. The predicted molar refractivity (Wildman–Crippen MR) is 72.5 cm³/mol. The average molecular weight is 228 g/mol. The molecule has 0 saturated heterocycles. The molecule has 3 nitrogen and oxygen atoms in total. The zero-order valence-corrected chi connectivity index (χ0v) is 10.2. The number of hydrogen-bond donors (Lipinski definition) is 1. The molecule has 0 aliphatic rings. The van der Waals surface area contributed by atoms with Crippen molar-refractivity contribution in [1.29, 1.82) is 0 Å². The summed E-state index contributed by atoms with van der Waals surface area (Å²) in [5.74, 6) is 0. The number of pyridine rings is 1. The first-order chi connectivity index (χ1) is 8.09. The van der Waals surface area contributed by atoms with E-state index in [1.807, 2.05) is 31.2 Å². The van der Waals surface area contributed by atoms with Gasteiger partial charge in [0.05, 0.1) is 5.52 Å². The largest absolute Gasteiger partial charge is 0.381 e. The van der Waals surface area contributed by atoms with Crippen molar-refractivity contribution in [1.82, 2.24) is 4.57 Å². The molecule has 1 heterocycles. The maximum absolute atomic E-state index is 11.8. The Morgan fingerprint density at radius 1 is 1.41 bits per heavy atom. The maximum Gasteiger partial charge on any atom is 0.252 e. The Bertz CT molecular complexity index is 626. The number of nitrogens with one attached hydrogen (secondary N) is 1. The standard InChI is InChI=1S/C14H16N2O/c1-10(2)9-15-12-8-14(17)16(3)13-7-5-4-6-11(12)13/h4-8,15H,1,9H2,2-3H3. The van der Waals surface area contributed by atoms with Crippen molar-refractivity contribution in [3.63, 3.8) is 0 Å². The molecule has 3 heteroatoms. The molecule has 2 aromatic rings. The Kier molecular flexibility index (Phi) is 3.00. The van der Waals surface area contributed by atoms with Crippen molar-refractivity contribution in [3.05, 3.63) is 52.8 Å². The molecule has 0 aliphatic heterocycles. The van der Waals surface area contributed by atoms with Gasteiger partial charge in [0.15, 0.2) is 0 Å². The summed E-state index contributed by atoms with van der Waals surface area (Å²) in [6.07, 6.45) is 0. The lowest BCUT2D eigenvalue weighted by Gasteiger charge is -2.11. The number of fused-ring (bicyclic) bond motifs is 1. The minimum absolute atomic E-state index is 0.00656. The highest BCUT2D eigenvalue weighted by molar-refractivity contribution is 5.91. The van der Waals surface area contributed by atoms with Gasteiger partial charge >= 0.3 is 0 Å². The summed E-state index contributed by atoms with van der Waals surface area (Å²) in [4.78, 5) is 11.8. The van der Waals surface area contributed by atoms with Gasteiger partial charge in [-0.3, -0.25) is 4.79 Å². The molecular weight excluding hydrogens is 212 g/mol. The molecule has 0 amide bonds. The van der Waals surface area contributed by atoms with E-state index in [9.17, 15) is 4.79 Å². The number of aromatic nitrogens is 1. The molecule has 0 spiro atoms. The summed E-state index contributed by atoms with van der Waals surface area (Å²) < 4.78 is 1.65. The molecule has 1 aromatic heterocycles. The maximum atomic E-state index is 11.8. The SMILES string of the molecule is C=C(C)CNc1cc(=O)n(C)c2ccccc12. The molecule has 0 bridgehead atoms. The van der Waals surface area contributed by atoms with Crippen LogP contribution in [0, 0.1) is 0 Å². The van der Waals surface area contributed by atoms with Crippen molar-refractivity contribution in [3.8, 4) is 0 Å². The van der Waals surface area contributed by atoms with Crippen LogP contribution in [0.2, 0.25) is 0 Å². The first-order valence-electron chi connectivity index (χ1n) is 5.56. The topological polar surface area (TPSA) is 34.0 Å². The molecule has 17 heavy (non-hydrogen) atoms. The lowest BCUT2D eigenvalue weighted by molar-refractivity contribution is 0.906. The summed E-state index contributed by atoms with van der Waals surface area (Å²) in [7, 11) is 1.78. The highest BCUT2D eigenvalue weighted by atomic mass is 16.1. The van der Waals surface area contributed by atoms with Gasteiger partial charge in [-0.1, -0.05) is 30.4 Å². The fourth-order valence-electron chi connectivity index (χ4n) is 1.80. The molecule has 0 aliphatic carbocycles. The monoisotopic (exact) mass is 228 g/mol. The number of hydrogen-bond acceptors (Lipinski definition) is 2. The van der Waals surface area contributed by atoms with Crippen LogP contribution in [0.1, 0.15) is 6.92 Å². The first kappa shape index (κ1) is 11.5. The molecule has 2 rings (SSSR count). The van der Waals surface area contributed by atoms with E-state index in [-0.39, 0.29) is 5.56 Å². The van der Waals surface area contributed by atoms with Crippen LogP contribution in [0.3, 0.4) is 0 Å². The Hall–Kier alpha value is -2.03. The Morgan fingerprint density at radius 3 is 2.82 bits per heavy atom. The summed E-state index contributed by atoms with van der Waals surface area (Å²) in [6.45, 7) is 6.48. The molecule has 0 atom stereocenters. The van der Waals surface area contributed by atoms with Crippen LogP contribution < -0.4 is 10.9 Å². The third-order valence-electron chi connectivity index (χ3n) is 2.73. The fourth-order valence-corrected chi connectivity index (χ4v) is 1.80. The van der Waals surface area contributed by atoms with Crippen LogP contribution in [-0.4, -0.2) is 11.1 Å². The highest BCUT2D eigenvalue weighted by Gasteiger charge is 2.05. The fraction of sp³-hybridized carbons (Fsp3) is 0.214. The Balaban J connectivity index is 2.59. The average Bonchev–Trinajstić information content (AvgIpc) is 2.32. The summed E-state index contributed by atoms with van der Waals surface area (Å²) >= 11 is 0. The van der Waals surface area contributed by atoms with Crippen LogP contribution in [0.4, 0.5) is 5.69 Å². The van der Waals surface area contributed by atoms with Crippen molar-refractivity contribution in [2.24, 2.45) is 7.05 Å². The van der Waals surface area contributed by atoms with Gasteiger partial charge in [0, 0.05) is 30.7 Å². The molecule has 0 unspecified atom stereocenters. The smallest absolute Gasteiger partial charge is 0.252 e. The van der Waals surface area contributed by atoms with Gasteiger partial charge in [0.25, 0.3) is 5.56 Å². The minimum atomic E-state index is -0.00656. The summed E-state index contributed by atoms with van der Waals surface area (Å²) in [5.41, 5.74) is 2.83. The first-order valence-corrected chi connectivity index (χ1v) is 5.56. The van der Waals surface area contributed by atoms with E-state index in [1.165, 1.54) is 0 Å². The second kappa shape index (κ2) is 4.45. The van der Waals surface area contributed by atoms with E-state index in [4.69, 9.17) is 0 Å². The van der Waals surface area contributed by atoms with E-state index in [1.54, 1.807) is 17.7 Å². The van der Waals surface area contributed by atoms with E-state index >= 15 is 0 Å². The number of anilines is 1. The van der Waals surface area contributed by atoms with Crippen molar-refractivity contribution >= 4 is 16.6 Å². The van der Waals surface area contributed by atoms with Crippen molar-refractivity contribution in [2.45, 2.75) is 6.92 Å². The minimum Gasteiger partial charge on any atom is -0.381 e. The Morgan fingerprint density at radius 2 is 2.12 bits per heavy atom. The molecule has 0 fully saturated rings. The summed E-state index contributed by atoms with van der Waals surface area (Å²) in [5, 5.41) is 4.29. The van der Waals surface area contributed by atoms with Gasteiger partial charge in [-0.25, -0.2) is 0 Å². The lowest BCUT2D eigenvalue weighted by Crippen LogP contribution is -2.17. The molecule has 1 aromatic carbocycles. The van der Waals surface area contributed by atoms with Crippen molar-refractivity contribution < 1.29 is 0 Å². The zero-order valence-electron chi connectivity index (χ0n) is 10.2. The van der Waals surface area contributed by atoms with Crippen LogP contribution in [0.5, 0.6) is 0 Å². The van der Waals surface area contributed by atoms with E-state index in [0.717, 1.165) is 22.2 Å². The number of aryl methyl sites for hydroxylation is 1. The van der Waals surface area contributed by atoms with Crippen LogP contribution in [0.25, 0.3) is 10.9 Å². The second-order valence-electron chi connectivity index (χ2n) is 4.28. The number of rotatable bonds is 3.